The van der Waals surface area contributed by atoms with Crippen LogP contribution in [0.15, 0.2) is 88.6 Å². The minimum absolute atomic E-state index is 0.0796. The maximum atomic E-state index is 14.0. The van der Waals surface area contributed by atoms with Gasteiger partial charge in [-0.25, -0.2) is 23.5 Å². The summed E-state index contributed by atoms with van der Waals surface area (Å²) in [6.07, 6.45) is 0. The van der Waals surface area contributed by atoms with Crippen molar-refractivity contribution in [1.29, 1.82) is 0 Å². The lowest BCUT2D eigenvalue weighted by Crippen LogP contribution is -2.45. The number of fused-ring (bicyclic) bond motifs is 1. The Bertz CT molecular complexity index is 1670. The highest BCUT2D eigenvalue weighted by Crippen LogP contribution is 2.62. The van der Waals surface area contributed by atoms with Crippen LogP contribution in [0.3, 0.4) is 0 Å². The van der Waals surface area contributed by atoms with Gasteiger partial charge >= 0.3 is 0 Å². The van der Waals surface area contributed by atoms with Crippen LogP contribution in [-0.4, -0.2) is 63.2 Å². The predicted octanol–water partition coefficient (Wildman–Crippen LogP) is 5.57. The first-order chi connectivity index (χ1) is 19.4. The van der Waals surface area contributed by atoms with Crippen molar-refractivity contribution in [2.75, 3.05) is 33.4 Å². The first-order valence-electron chi connectivity index (χ1n) is 12.8. The third kappa shape index (κ3) is 4.32. The van der Waals surface area contributed by atoms with E-state index >= 15 is 0 Å². The molecule has 1 fully saturated rings. The van der Waals surface area contributed by atoms with E-state index in [-0.39, 0.29) is 17.2 Å². The Hall–Kier alpha value is -4.18. The minimum atomic E-state index is -3.01. The number of aliphatic imine (C=N–C) groups is 1. The van der Waals surface area contributed by atoms with Crippen LogP contribution in [0.4, 0.5) is 21.6 Å². The van der Waals surface area contributed by atoms with Crippen molar-refractivity contribution in [3.8, 4) is 5.69 Å². The summed E-state index contributed by atoms with van der Waals surface area (Å²) in [6.45, 7) is 4.04. The van der Waals surface area contributed by atoms with Gasteiger partial charge in [-0.3, -0.25) is 10.1 Å². The molecule has 204 valence electrons. The van der Waals surface area contributed by atoms with Gasteiger partial charge < -0.3 is 9.41 Å². The molecule has 3 aromatic carbocycles. The molecular formula is C28H27FN7O3P. The molecule has 40 heavy (non-hydrogen) atoms. The van der Waals surface area contributed by atoms with Gasteiger partial charge in [0, 0.05) is 31.8 Å². The van der Waals surface area contributed by atoms with Gasteiger partial charge in [0.2, 0.25) is 0 Å². The molecule has 0 N–H and O–H groups in total. The van der Waals surface area contributed by atoms with E-state index in [2.05, 4.69) is 4.67 Å². The van der Waals surface area contributed by atoms with Crippen LogP contribution in [0.5, 0.6) is 0 Å². The molecule has 3 heterocycles. The summed E-state index contributed by atoms with van der Waals surface area (Å²) in [5.74, 6) is 0.822. The second-order valence-corrected chi connectivity index (χ2v) is 12.4. The number of aryl methyl sites for hydroxylation is 1. The minimum Gasteiger partial charge on any atom is -0.379 e. The van der Waals surface area contributed by atoms with Crippen LogP contribution in [0, 0.1) is 22.9 Å². The number of morpholine rings is 1. The number of nitro groups is 1. The molecule has 0 spiro atoms. The third-order valence-electron chi connectivity index (χ3n) is 7.05. The number of halogens is 1. The van der Waals surface area contributed by atoms with Gasteiger partial charge in [-0.1, -0.05) is 30.3 Å². The quantitative estimate of drug-likeness (QED) is 0.180. The van der Waals surface area contributed by atoms with E-state index in [1.807, 2.05) is 49.0 Å². The van der Waals surface area contributed by atoms with Crippen LogP contribution < -0.4 is 5.30 Å². The molecule has 1 unspecified atom stereocenters. The fraction of sp³-hybridized carbons (Fsp3) is 0.214. The number of aromatic nitrogens is 2. The molecule has 0 bridgehead atoms. The molecule has 1 saturated heterocycles. The predicted molar refractivity (Wildman–Crippen MR) is 153 cm³/mol. The van der Waals surface area contributed by atoms with Crippen LogP contribution in [-0.2, 0) is 4.74 Å². The fourth-order valence-corrected chi connectivity index (χ4v) is 9.04. The zero-order valence-electron chi connectivity index (χ0n) is 22.0. The van der Waals surface area contributed by atoms with E-state index in [4.69, 9.17) is 19.6 Å². The Morgan fingerprint density at radius 2 is 1.68 bits per heavy atom. The summed E-state index contributed by atoms with van der Waals surface area (Å²) >= 11 is 0. The SMILES string of the molecule is Cc1nn(-c2ccccc2)c2c1P(=Nc1ccccc1[N+](=O)[O-])(N1CCOCC1)N(C)C(c1ccc(F)cc1)=N2. The Labute approximate surface area is 230 Å². The zero-order valence-corrected chi connectivity index (χ0v) is 22.9. The number of hydrogen-bond donors (Lipinski definition) is 0. The van der Waals surface area contributed by atoms with Crippen LogP contribution in [0.1, 0.15) is 11.3 Å². The average molecular weight is 560 g/mol. The van der Waals surface area contributed by atoms with E-state index in [0.29, 0.717) is 43.5 Å². The second kappa shape index (κ2) is 10.4. The molecule has 0 aliphatic carbocycles. The topological polar surface area (TPSA) is 101 Å². The van der Waals surface area contributed by atoms with E-state index in [1.54, 1.807) is 35.0 Å². The van der Waals surface area contributed by atoms with Crippen molar-refractivity contribution in [3.05, 3.63) is 106 Å². The maximum Gasteiger partial charge on any atom is 0.294 e. The van der Waals surface area contributed by atoms with Crippen LogP contribution in [0.25, 0.3) is 5.69 Å². The lowest BCUT2D eigenvalue weighted by atomic mass is 10.2. The Kier molecular flexibility index (Phi) is 6.79. The first-order valence-corrected chi connectivity index (χ1v) is 14.5. The Morgan fingerprint density at radius 1 is 1.00 bits per heavy atom. The normalized spacial score (nSPS) is 19.2. The summed E-state index contributed by atoms with van der Waals surface area (Å²) < 4.78 is 31.1. The average Bonchev–Trinajstić information content (AvgIpc) is 3.32. The largest absolute Gasteiger partial charge is 0.379 e. The molecule has 2 aliphatic heterocycles. The first kappa shape index (κ1) is 26.1. The highest BCUT2D eigenvalue weighted by Gasteiger charge is 2.46. The number of benzene rings is 3. The van der Waals surface area contributed by atoms with Crippen LogP contribution >= 0.6 is 7.36 Å². The van der Waals surface area contributed by atoms with E-state index in [9.17, 15) is 14.5 Å². The van der Waals surface area contributed by atoms with Crippen molar-refractivity contribution in [1.82, 2.24) is 19.1 Å². The molecule has 1 atom stereocenters. The number of hydrogen-bond acceptors (Lipinski definition) is 6. The molecule has 2 aliphatic rings. The molecule has 4 aromatic rings. The highest BCUT2D eigenvalue weighted by atomic mass is 31.2. The molecule has 1 aromatic heterocycles. The number of amidine groups is 1. The molecule has 0 saturated carbocycles. The van der Waals surface area contributed by atoms with E-state index < -0.39 is 12.3 Å². The van der Waals surface area contributed by atoms with Crippen LogP contribution in [0.2, 0.25) is 0 Å². The number of ether oxygens (including phenoxy) is 1. The fourth-order valence-electron chi connectivity index (χ4n) is 5.21. The summed E-state index contributed by atoms with van der Waals surface area (Å²) in [6, 6.07) is 22.4. The lowest BCUT2D eigenvalue weighted by molar-refractivity contribution is -0.384. The molecular weight excluding hydrogens is 532 g/mol. The maximum absolute atomic E-state index is 14.0. The standard InChI is InChI=1S/C28H27FN7O3P/c1-20-26-28(35(31-20)23-8-4-3-5-9-23)30-27(21-12-14-22(29)15-13-21)33(2)40(26,34-16-18-39-19-17-34)32-24-10-6-7-11-25(24)36(37)38/h3-15H,16-19H2,1-2H3. The van der Waals surface area contributed by atoms with Crippen molar-refractivity contribution in [2.24, 2.45) is 9.74 Å². The van der Waals surface area contributed by atoms with E-state index in [1.165, 1.54) is 18.2 Å². The Morgan fingerprint density at radius 3 is 2.38 bits per heavy atom. The van der Waals surface area contributed by atoms with Gasteiger partial charge in [-0.2, -0.15) is 5.10 Å². The molecule has 12 heteroatoms. The van der Waals surface area contributed by atoms with Gasteiger partial charge in [-0.15, -0.1) is 0 Å². The Balaban J connectivity index is 1.73. The summed E-state index contributed by atoms with van der Waals surface area (Å²) in [4.78, 5) is 16.8. The summed E-state index contributed by atoms with van der Waals surface area (Å²) in [5, 5.41) is 17.8. The molecule has 0 radical (unpaired) electrons. The molecule has 10 nitrogen and oxygen atoms in total. The van der Waals surface area contributed by atoms with Crippen molar-refractivity contribution >= 4 is 35.7 Å². The molecule has 0 amide bonds. The van der Waals surface area contributed by atoms with Crippen molar-refractivity contribution in [2.45, 2.75) is 6.92 Å². The smallest absolute Gasteiger partial charge is 0.294 e. The lowest BCUT2D eigenvalue weighted by Gasteiger charge is -2.46. The van der Waals surface area contributed by atoms with E-state index in [0.717, 1.165) is 16.7 Å². The molecule has 6 rings (SSSR count). The van der Waals surface area contributed by atoms with Gasteiger partial charge in [0.25, 0.3) is 5.69 Å². The van der Waals surface area contributed by atoms with Gasteiger partial charge in [0.1, 0.15) is 17.3 Å². The zero-order chi connectivity index (χ0) is 27.9. The number of para-hydroxylation sites is 2. The van der Waals surface area contributed by atoms with Gasteiger partial charge in [0.15, 0.2) is 13.2 Å². The third-order valence-corrected chi connectivity index (χ3v) is 10.9. The second-order valence-electron chi connectivity index (χ2n) is 9.45. The number of nitro benzene ring substituents is 1. The van der Waals surface area contributed by atoms with Gasteiger partial charge in [-0.05, 0) is 49.4 Å². The number of nitrogens with zero attached hydrogens (tertiary/aromatic N) is 7. The summed E-state index contributed by atoms with van der Waals surface area (Å²) in [7, 11) is -1.10. The monoisotopic (exact) mass is 559 g/mol. The van der Waals surface area contributed by atoms with Crippen molar-refractivity contribution in [3.63, 3.8) is 0 Å². The number of rotatable bonds is 5. The highest BCUT2D eigenvalue weighted by molar-refractivity contribution is 7.70. The van der Waals surface area contributed by atoms with Crippen molar-refractivity contribution < 1.29 is 14.1 Å². The van der Waals surface area contributed by atoms with Gasteiger partial charge in [0.05, 0.1) is 34.8 Å². The summed E-state index contributed by atoms with van der Waals surface area (Å²) in [5.41, 5.74) is 2.45.